The minimum atomic E-state index is -0.370. The third kappa shape index (κ3) is 1.95. The van der Waals surface area contributed by atoms with Crippen LogP contribution in [0.3, 0.4) is 0 Å². The van der Waals surface area contributed by atoms with Crippen LogP contribution < -0.4 is 0 Å². The topological polar surface area (TPSA) is 26.3 Å². The van der Waals surface area contributed by atoms with Crippen molar-refractivity contribution in [1.82, 2.24) is 0 Å². The number of aryl methyl sites for hydroxylation is 1. The van der Waals surface area contributed by atoms with E-state index in [0.717, 1.165) is 11.8 Å². The maximum atomic E-state index is 11.1. The molecule has 0 N–H and O–H groups in total. The van der Waals surface area contributed by atoms with Crippen LogP contribution in [0.5, 0.6) is 0 Å². The van der Waals surface area contributed by atoms with Crippen LogP contribution in [0.4, 0.5) is 0 Å². The minimum Gasteiger partial charge on any atom is -0.432 e. The molecular weight excluding hydrogens is 152 g/mol. The molecule has 0 saturated heterocycles. The van der Waals surface area contributed by atoms with Crippen molar-refractivity contribution in [2.24, 2.45) is 0 Å². The number of hydrogen-bond donors (Lipinski definition) is 0. The molecular formula is C10H10O2. The van der Waals surface area contributed by atoms with Crippen LogP contribution in [0.15, 0.2) is 37.1 Å². The molecule has 0 heterocycles. The molecule has 0 radical (unpaired) electrons. The van der Waals surface area contributed by atoms with E-state index in [1.54, 1.807) is 12.1 Å². The van der Waals surface area contributed by atoms with Crippen LogP contribution >= 0.6 is 0 Å². The standard InChI is InChI=1S/C10H10O2/c1-3-12-10(11)9-6-4-8(2)5-7-9/h3-7H,1H2,2H3. The SMILES string of the molecule is C=COC(=O)c1ccc(C)cc1. The highest BCUT2D eigenvalue weighted by Gasteiger charge is 2.03. The highest BCUT2D eigenvalue weighted by molar-refractivity contribution is 5.89. The van der Waals surface area contributed by atoms with E-state index in [4.69, 9.17) is 0 Å². The molecule has 0 bridgehead atoms. The first kappa shape index (κ1) is 8.53. The Kier molecular flexibility index (Phi) is 2.64. The number of ether oxygens (including phenoxy) is 1. The van der Waals surface area contributed by atoms with Gasteiger partial charge < -0.3 is 4.74 Å². The largest absolute Gasteiger partial charge is 0.432 e. The molecule has 0 spiro atoms. The summed E-state index contributed by atoms with van der Waals surface area (Å²) in [5.74, 6) is -0.370. The molecule has 62 valence electrons. The van der Waals surface area contributed by atoms with E-state index in [1.165, 1.54) is 0 Å². The van der Waals surface area contributed by atoms with Gasteiger partial charge in [0.1, 0.15) is 0 Å². The fourth-order valence-corrected chi connectivity index (χ4v) is 0.833. The van der Waals surface area contributed by atoms with Crippen molar-refractivity contribution >= 4 is 5.97 Å². The van der Waals surface area contributed by atoms with E-state index < -0.39 is 0 Å². The van der Waals surface area contributed by atoms with Crippen LogP contribution in [-0.2, 0) is 4.74 Å². The molecule has 12 heavy (non-hydrogen) atoms. The van der Waals surface area contributed by atoms with Gasteiger partial charge in [0.05, 0.1) is 11.8 Å². The molecule has 0 aliphatic carbocycles. The van der Waals surface area contributed by atoms with E-state index in [9.17, 15) is 4.79 Å². The van der Waals surface area contributed by atoms with Crippen LogP contribution in [-0.4, -0.2) is 5.97 Å². The summed E-state index contributed by atoms with van der Waals surface area (Å²) in [5.41, 5.74) is 1.66. The molecule has 1 aromatic carbocycles. The lowest BCUT2D eigenvalue weighted by molar-refractivity contribution is 0.0664. The molecule has 0 fully saturated rings. The lowest BCUT2D eigenvalue weighted by atomic mass is 10.2. The summed E-state index contributed by atoms with van der Waals surface area (Å²) in [6, 6.07) is 7.17. The maximum absolute atomic E-state index is 11.1. The Balaban J connectivity index is 2.82. The molecule has 0 aliphatic rings. The Morgan fingerprint density at radius 1 is 1.42 bits per heavy atom. The van der Waals surface area contributed by atoms with Crippen molar-refractivity contribution in [2.45, 2.75) is 6.92 Å². The normalized spacial score (nSPS) is 9.08. The number of benzene rings is 1. The number of carbonyl (C=O) groups is 1. The van der Waals surface area contributed by atoms with Gasteiger partial charge in [0, 0.05) is 0 Å². The van der Waals surface area contributed by atoms with Gasteiger partial charge in [-0.05, 0) is 19.1 Å². The molecule has 2 heteroatoms. The van der Waals surface area contributed by atoms with Crippen LogP contribution in [0.1, 0.15) is 15.9 Å². The quantitative estimate of drug-likeness (QED) is 0.492. The van der Waals surface area contributed by atoms with Crippen molar-refractivity contribution in [3.63, 3.8) is 0 Å². The lowest BCUT2D eigenvalue weighted by Crippen LogP contribution is -1.99. The maximum Gasteiger partial charge on any atom is 0.342 e. The number of hydrogen-bond acceptors (Lipinski definition) is 2. The number of esters is 1. The molecule has 0 atom stereocenters. The fourth-order valence-electron chi connectivity index (χ4n) is 0.833. The van der Waals surface area contributed by atoms with Gasteiger partial charge in [-0.2, -0.15) is 0 Å². The van der Waals surface area contributed by atoms with Crippen LogP contribution in [0.2, 0.25) is 0 Å². The zero-order valence-electron chi connectivity index (χ0n) is 6.91. The summed E-state index contributed by atoms with van der Waals surface area (Å²) in [4.78, 5) is 11.1. The first-order chi connectivity index (χ1) is 5.74. The van der Waals surface area contributed by atoms with Gasteiger partial charge in [0.2, 0.25) is 0 Å². The summed E-state index contributed by atoms with van der Waals surface area (Å²) in [6.07, 6.45) is 1.13. The highest BCUT2D eigenvalue weighted by Crippen LogP contribution is 2.04. The van der Waals surface area contributed by atoms with Crippen molar-refractivity contribution in [1.29, 1.82) is 0 Å². The minimum absolute atomic E-state index is 0.370. The summed E-state index contributed by atoms with van der Waals surface area (Å²) in [6.45, 7) is 5.26. The zero-order chi connectivity index (χ0) is 8.97. The second-order valence-corrected chi connectivity index (χ2v) is 2.44. The zero-order valence-corrected chi connectivity index (χ0v) is 6.91. The molecule has 0 unspecified atom stereocenters. The van der Waals surface area contributed by atoms with E-state index in [2.05, 4.69) is 11.3 Å². The first-order valence-electron chi connectivity index (χ1n) is 3.62. The van der Waals surface area contributed by atoms with Crippen LogP contribution in [0.25, 0.3) is 0 Å². The Hall–Kier alpha value is -1.57. The van der Waals surface area contributed by atoms with Gasteiger partial charge in [0.25, 0.3) is 0 Å². The number of carbonyl (C=O) groups excluding carboxylic acids is 1. The lowest BCUT2D eigenvalue weighted by Gasteiger charge is -1.98. The van der Waals surface area contributed by atoms with Crippen molar-refractivity contribution in [3.8, 4) is 0 Å². The van der Waals surface area contributed by atoms with Crippen molar-refractivity contribution in [2.75, 3.05) is 0 Å². The average molecular weight is 162 g/mol. The van der Waals surface area contributed by atoms with Gasteiger partial charge in [-0.25, -0.2) is 4.79 Å². The van der Waals surface area contributed by atoms with E-state index in [1.807, 2.05) is 19.1 Å². The summed E-state index contributed by atoms with van der Waals surface area (Å²) in [7, 11) is 0. The highest BCUT2D eigenvalue weighted by atomic mass is 16.5. The Morgan fingerprint density at radius 2 is 2.00 bits per heavy atom. The fraction of sp³-hybridized carbons (Fsp3) is 0.100. The van der Waals surface area contributed by atoms with Gasteiger partial charge in [-0.15, -0.1) is 0 Å². The van der Waals surface area contributed by atoms with Gasteiger partial charge in [0.15, 0.2) is 0 Å². The summed E-state index contributed by atoms with van der Waals surface area (Å²) >= 11 is 0. The predicted octanol–water partition coefficient (Wildman–Crippen LogP) is 2.30. The van der Waals surface area contributed by atoms with Crippen LogP contribution in [0, 0.1) is 6.92 Å². The molecule has 2 nitrogen and oxygen atoms in total. The monoisotopic (exact) mass is 162 g/mol. The van der Waals surface area contributed by atoms with Gasteiger partial charge in [-0.3, -0.25) is 0 Å². The smallest absolute Gasteiger partial charge is 0.342 e. The molecule has 0 aliphatic heterocycles. The van der Waals surface area contributed by atoms with Crippen molar-refractivity contribution < 1.29 is 9.53 Å². The number of rotatable bonds is 2. The molecule has 1 aromatic rings. The second kappa shape index (κ2) is 3.72. The van der Waals surface area contributed by atoms with E-state index in [-0.39, 0.29) is 5.97 Å². The first-order valence-corrected chi connectivity index (χ1v) is 3.62. The third-order valence-corrected chi connectivity index (χ3v) is 1.48. The molecule has 0 aromatic heterocycles. The van der Waals surface area contributed by atoms with E-state index in [0.29, 0.717) is 5.56 Å². The Labute approximate surface area is 71.5 Å². The average Bonchev–Trinajstić information content (AvgIpc) is 2.06. The van der Waals surface area contributed by atoms with Gasteiger partial charge >= 0.3 is 5.97 Å². The van der Waals surface area contributed by atoms with Crippen molar-refractivity contribution in [3.05, 3.63) is 48.2 Å². The summed E-state index contributed by atoms with van der Waals surface area (Å²) in [5, 5.41) is 0. The Bertz CT molecular complexity index is 285. The Morgan fingerprint density at radius 3 is 2.50 bits per heavy atom. The molecule has 0 saturated carbocycles. The van der Waals surface area contributed by atoms with Gasteiger partial charge in [-0.1, -0.05) is 24.3 Å². The molecule has 0 amide bonds. The third-order valence-electron chi connectivity index (χ3n) is 1.48. The second-order valence-electron chi connectivity index (χ2n) is 2.44. The van der Waals surface area contributed by atoms with E-state index >= 15 is 0 Å². The predicted molar refractivity (Wildman–Crippen MR) is 46.8 cm³/mol. The molecule has 1 rings (SSSR count). The summed E-state index contributed by atoms with van der Waals surface area (Å²) < 4.78 is 4.59.